The fourth-order valence-electron chi connectivity index (χ4n) is 3.73. The van der Waals surface area contributed by atoms with Crippen LogP contribution in [-0.2, 0) is 5.41 Å². The summed E-state index contributed by atoms with van der Waals surface area (Å²) in [6, 6.07) is 16.7. The molecule has 0 spiro atoms. The molecule has 1 aliphatic rings. The maximum absolute atomic E-state index is 14.4. The largest absolute Gasteiger partial charge is 0.507 e. The van der Waals surface area contributed by atoms with Gasteiger partial charge >= 0.3 is 0 Å². The topological polar surface area (TPSA) is 20.2 Å². The smallest absolute Gasteiger partial charge is 0.132 e. The Morgan fingerprint density at radius 2 is 1.58 bits per heavy atom. The van der Waals surface area contributed by atoms with Gasteiger partial charge in [0.2, 0.25) is 0 Å². The summed E-state index contributed by atoms with van der Waals surface area (Å²) in [6.45, 7) is 4.30. The minimum absolute atomic E-state index is 0.135. The molecule has 1 aliphatic carbocycles. The lowest BCUT2D eigenvalue weighted by molar-refractivity contribution is 0.477. The highest BCUT2D eigenvalue weighted by Gasteiger charge is 2.37. The van der Waals surface area contributed by atoms with Gasteiger partial charge in [0.15, 0.2) is 0 Å². The maximum atomic E-state index is 14.4. The summed E-state index contributed by atoms with van der Waals surface area (Å²) in [5.41, 5.74) is 4.78. The number of aromatic hydroxyl groups is 1. The molecular formula is C21H16BrFO. The molecule has 0 saturated carbocycles. The van der Waals surface area contributed by atoms with E-state index in [0.29, 0.717) is 15.6 Å². The molecule has 0 aromatic heterocycles. The monoisotopic (exact) mass is 382 g/mol. The maximum Gasteiger partial charge on any atom is 0.132 e. The Bertz CT molecular complexity index is 955. The molecule has 1 nitrogen and oxygen atoms in total. The highest BCUT2D eigenvalue weighted by Crippen LogP contribution is 2.54. The van der Waals surface area contributed by atoms with Gasteiger partial charge in [-0.25, -0.2) is 4.39 Å². The number of hydrogen-bond acceptors (Lipinski definition) is 1. The van der Waals surface area contributed by atoms with Crippen molar-refractivity contribution in [3.05, 3.63) is 76.0 Å². The van der Waals surface area contributed by atoms with Crippen molar-refractivity contribution in [1.82, 2.24) is 0 Å². The van der Waals surface area contributed by atoms with Crippen LogP contribution in [0.15, 0.2) is 59.1 Å². The van der Waals surface area contributed by atoms with E-state index in [4.69, 9.17) is 0 Å². The number of hydrogen-bond donors (Lipinski definition) is 1. The second-order valence-corrected chi connectivity index (χ2v) is 7.51. The summed E-state index contributed by atoms with van der Waals surface area (Å²) in [7, 11) is 0. The van der Waals surface area contributed by atoms with E-state index in [2.05, 4.69) is 35.8 Å². The van der Waals surface area contributed by atoms with Crippen molar-refractivity contribution in [2.45, 2.75) is 19.3 Å². The van der Waals surface area contributed by atoms with Crippen LogP contribution in [0.4, 0.5) is 4.39 Å². The second kappa shape index (κ2) is 5.18. The van der Waals surface area contributed by atoms with E-state index in [9.17, 15) is 9.50 Å². The van der Waals surface area contributed by atoms with E-state index >= 15 is 0 Å². The zero-order valence-corrected chi connectivity index (χ0v) is 15.0. The number of halogens is 2. The van der Waals surface area contributed by atoms with Crippen LogP contribution in [-0.4, -0.2) is 5.11 Å². The van der Waals surface area contributed by atoms with Crippen LogP contribution in [0.3, 0.4) is 0 Å². The average molecular weight is 383 g/mol. The highest BCUT2D eigenvalue weighted by molar-refractivity contribution is 9.10. The standard InChI is InChI=1S/C21H16BrFO/c1-21(2)14-7-4-3-6-12(14)18-15(21)11-10-13(20(18)24)19-16(22)8-5-9-17(19)23/h3-11,24H,1-2H3. The van der Waals surface area contributed by atoms with Gasteiger partial charge in [-0.15, -0.1) is 0 Å². The van der Waals surface area contributed by atoms with Crippen LogP contribution >= 0.6 is 15.9 Å². The van der Waals surface area contributed by atoms with E-state index in [0.717, 1.165) is 16.7 Å². The van der Waals surface area contributed by atoms with Crippen LogP contribution < -0.4 is 0 Å². The van der Waals surface area contributed by atoms with E-state index in [1.807, 2.05) is 30.3 Å². The molecule has 0 fully saturated rings. The summed E-state index contributed by atoms with van der Waals surface area (Å²) in [6.07, 6.45) is 0. The fraction of sp³-hybridized carbons (Fsp3) is 0.143. The molecule has 3 aromatic carbocycles. The molecule has 0 bridgehead atoms. The Kier molecular flexibility index (Phi) is 3.33. The summed E-state index contributed by atoms with van der Waals surface area (Å²) in [5.74, 6) is -0.221. The summed E-state index contributed by atoms with van der Waals surface area (Å²) in [5, 5.41) is 11.0. The third-order valence-electron chi connectivity index (χ3n) is 4.95. The minimum Gasteiger partial charge on any atom is -0.507 e. The van der Waals surface area contributed by atoms with E-state index in [1.165, 1.54) is 11.6 Å². The Balaban J connectivity index is 2.06. The van der Waals surface area contributed by atoms with Crippen LogP contribution in [0.2, 0.25) is 0 Å². The summed E-state index contributed by atoms with van der Waals surface area (Å²) in [4.78, 5) is 0. The first kappa shape index (κ1) is 15.4. The van der Waals surface area contributed by atoms with Gasteiger partial charge in [-0.1, -0.05) is 72.2 Å². The van der Waals surface area contributed by atoms with Crippen molar-refractivity contribution in [3.63, 3.8) is 0 Å². The fourth-order valence-corrected chi connectivity index (χ4v) is 4.29. The Labute approximate surface area is 148 Å². The second-order valence-electron chi connectivity index (χ2n) is 6.65. The molecule has 0 aliphatic heterocycles. The molecule has 0 heterocycles. The molecule has 0 unspecified atom stereocenters. The Hall–Kier alpha value is -2.13. The molecule has 3 aromatic rings. The molecule has 1 N–H and O–H groups in total. The quantitative estimate of drug-likeness (QED) is 0.525. The van der Waals surface area contributed by atoms with Gasteiger partial charge in [-0.2, -0.15) is 0 Å². The first-order chi connectivity index (χ1) is 11.4. The van der Waals surface area contributed by atoms with Gasteiger partial charge in [0.05, 0.1) is 0 Å². The molecule has 0 radical (unpaired) electrons. The summed E-state index contributed by atoms with van der Waals surface area (Å²) < 4.78 is 15.0. The third-order valence-corrected chi connectivity index (χ3v) is 5.61. The Morgan fingerprint density at radius 1 is 0.833 bits per heavy atom. The zero-order valence-electron chi connectivity index (χ0n) is 13.4. The Morgan fingerprint density at radius 3 is 2.33 bits per heavy atom. The lowest BCUT2D eigenvalue weighted by Gasteiger charge is -2.21. The van der Waals surface area contributed by atoms with Gasteiger partial charge in [0, 0.05) is 26.6 Å². The van der Waals surface area contributed by atoms with E-state index in [-0.39, 0.29) is 17.0 Å². The van der Waals surface area contributed by atoms with Gasteiger partial charge in [-0.3, -0.25) is 0 Å². The van der Waals surface area contributed by atoms with Crippen LogP contribution in [0.1, 0.15) is 25.0 Å². The van der Waals surface area contributed by atoms with Gasteiger partial charge in [0.1, 0.15) is 11.6 Å². The molecule has 3 heteroatoms. The zero-order chi connectivity index (χ0) is 17.1. The first-order valence-electron chi connectivity index (χ1n) is 7.83. The first-order valence-corrected chi connectivity index (χ1v) is 8.63. The number of phenolic OH excluding ortho intramolecular Hbond substituents is 1. The number of rotatable bonds is 1. The molecule has 120 valence electrons. The van der Waals surface area contributed by atoms with Crippen LogP contribution in [0, 0.1) is 5.82 Å². The predicted octanol–water partition coefficient (Wildman–Crippen LogP) is 6.27. The molecule has 0 saturated heterocycles. The predicted molar refractivity (Wildman–Crippen MR) is 98.8 cm³/mol. The molecule has 24 heavy (non-hydrogen) atoms. The third kappa shape index (κ3) is 1.97. The van der Waals surface area contributed by atoms with Crippen molar-refractivity contribution >= 4 is 15.9 Å². The van der Waals surface area contributed by atoms with Crippen molar-refractivity contribution in [1.29, 1.82) is 0 Å². The van der Waals surface area contributed by atoms with Crippen molar-refractivity contribution in [2.75, 3.05) is 0 Å². The lowest BCUT2D eigenvalue weighted by Crippen LogP contribution is -2.14. The SMILES string of the molecule is CC1(C)c2ccccc2-c2c1ccc(-c1c(F)cccc1Br)c2O. The molecule has 0 atom stereocenters. The number of fused-ring (bicyclic) bond motifs is 3. The van der Waals surface area contributed by atoms with Gasteiger partial charge in [0.25, 0.3) is 0 Å². The minimum atomic E-state index is -0.356. The van der Waals surface area contributed by atoms with Gasteiger partial charge in [-0.05, 0) is 28.8 Å². The molecule has 0 amide bonds. The molecular weight excluding hydrogens is 367 g/mol. The average Bonchev–Trinajstić information content (AvgIpc) is 2.78. The van der Waals surface area contributed by atoms with Crippen LogP contribution in [0.25, 0.3) is 22.3 Å². The number of benzene rings is 3. The summed E-state index contributed by atoms with van der Waals surface area (Å²) >= 11 is 3.40. The van der Waals surface area contributed by atoms with Crippen molar-refractivity contribution < 1.29 is 9.50 Å². The van der Waals surface area contributed by atoms with Crippen LogP contribution in [0.5, 0.6) is 5.75 Å². The van der Waals surface area contributed by atoms with E-state index < -0.39 is 0 Å². The van der Waals surface area contributed by atoms with Crippen molar-refractivity contribution in [3.8, 4) is 28.0 Å². The normalized spacial score (nSPS) is 14.3. The van der Waals surface area contributed by atoms with Gasteiger partial charge < -0.3 is 5.11 Å². The molecule has 4 rings (SSSR count). The highest BCUT2D eigenvalue weighted by atomic mass is 79.9. The lowest BCUT2D eigenvalue weighted by atomic mass is 9.82. The van der Waals surface area contributed by atoms with E-state index in [1.54, 1.807) is 12.1 Å². The number of phenols is 1. The van der Waals surface area contributed by atoms with Crippen molar-refractivity contribution in [2.24, 2.45) is 0 Å².